The van der Waals surface area contributed by atoms with Gasteiger partial charge < -0.3 is 46.2 Å². The van der Waals surface area contributed by atoms with E-state index >= 15 is 0 Å². The summed E-state index contributed by atoms with van der Waals surface area (Å²) in [7, 11) is 0. The summed E-state index contributed by atoms with van der Waals surface area (Å²) in [5.41, 5.74) is 7.88. The van der Waals surface area contributed by atoms with Gasteiger partial charge in [0.1, 0.15) is 5.75 Å². The van der Waals surface area contributed by atoms with E-state index in [-0.39, 0.29) is 17.9 Å². The summed E-state index contributed by atoms with van der Waals surface area (Å²) >= 11 is 6.24. The van der Waals surface area contributed by atoms with E-state index in [0.717, 1.165) is 38.0 Å². The lowest BCUT2D eigenvalue weighted by molar-refractivity contribution is -0.165. The molecule has 1 aromatic rings. The Morgan fingerprint density at radius 1 is 1.18 bits per heavy atom. The van der Waals surface area contributed by atoms with Crippen molar-refractivity contribution in [1.82, 2.24) is 10.2 Å². The number of rotatable bonds is 9. The Balaban J connectivity index is 0.000000342. The third kappa shape index (κ3) is 6.86. The van der Waals surface area contributed by atoms with Gasteiger partial charge in [-0.2, -0.15) is 0 Å². The van der Waals surface area contributed by atoms with Crippen LogP contribution >= 0.6 is 11.6 Å². The number of hydrogen-bond donors (Lipinski definition) is 7. The number of piperidine rings is 1. The monoisotopic (exact) mass is 557 g/mol. The number of carbonyl (C=O) groups excluding carboxylic acids is 1. The molecule has 4 rings (SSSR count). The quantitative estimate of drug-likeness (QED) is 0.202. The van der Waals surface area contributed by atoms with Crippen LogP contribution in [0.25, 0.3) is 0 Å². The van der Waals surface area contributed by atoms with Crippen molar-refractivity contribution in [3.05, 3.63) is 22.2 Å². The normalized spacial score (nSPS) is 23.6. The number of likely N-dealkylation sites (tertiary alicyclic amines) is 1. The van der Waals surface area contributed by atoms with Crippen molar-refractivity contribution in [2.75, 3.05) is 45.1 Å². The minimum Gasteiger partial charge on any atom is -0.492 e. The summed E-state index contributed by atoms with van der Waals surface area (Å²) in [5, 5.41) is 45.5. The summed E-state index contributed by atoms with van der Waals surface area (Å²) in [6, 6.07) is 1.63. The van der Waals surface area contributed by atoms with Crippen molar-refractivity contribution in [2.45, 2.75) is 38.9 Å². The summed E-state index contributed by atoms with van der Waals surface area (Å²) in [6.45, 7) is 8.70. The van der Waals surface area contributed by atoms with Gasteiger partial charge in [0, 0.05) is 43.8 Å². The predicted molar refractivity (Wildman–Crippen MR) is 137 cm³/mol. The molecule has 2 fully saturated rings. The second-order valence-electron chi connectivity index (χ2n) is 10.9. The molecule has 8 N–H and O–H groups in total. The number of fused-ring (bicyclic) bond motifs is 2. The fourth-order valence-corrected chi connectivity index (χ4v) is 5.33. The fourth-order valence-electron chi connectivity index (χ4n) is 5.10. The van der Waals surface area contributed by atoms with Gasteiger partial charge in [-0.15, -0.1) is 0 Å². The number of amides is 1. The molecule has 0 bridgehead atoms. The van der Waals surface area contributed by atoms with Crippen LogP contribution in [-0.4, -0.2) is 99.9 Å². The number of aliphatic hydroxyl groups is 3. The minimum absolute atomic E-state index is 0.0615. The van der Waals surface area contributed by atoms with E-state index in [9.17, 15) is 19.5 Å². The highest BCUT2D eigenvalue weighted by atomic mass is 35.5. The highest BCUT2D eigenvalue weighted by molar-refractivity contribution is 6.33. The van der Waals surface area contributed by atoms with Gasteiger partial charge in [0.25, 0.3) is 5.91 Å². The minimum atomic E-state index is -2.27. The molecular formula is C25H36ClN3O9. The number of ether oxygens (including phenoxy) is 1. The molecular weight excluding hydrogens is 522 g/mol. The summed E-state index contributed by atoms with van der Waals surface area (Å²) in [4.78, 5) is 34.8. The van der Waals surface area contributed by atoms with E-state index in [2.05, 4.69) is 24.1 Å². The van der Waals surface area contributed by atoms with Crippen molar-refractivity contribution in [1.29, 1.82) is 0 Å². The number of nitrogen functional groups attached to an aromatic ring is 1. The van der Waals surface area contributed by atoms with Gasteiger partial charge in [-0.1, -0.05) is 25.4 Å². The maximum absolute atomic E-state index is 12.8. The lowest BCUT2D eigenvalue weighted by Crippen LogP contribution is -2.39. The number of anilines is 1. The topological polar surface area (TPSA) is 203 Å². The van der Waals surface area contributed by atoms with Crippen LogP contribution in [0.5, 0.6) is 5.75 Å². The van der Waals surface area contributed by atoms with Crippen molar-refractivity contribution in [3.63, 3.8) is 0 Å². The van der Waals surface area contributed by atoms with Gasteiger partial charge in [-0.3, -0.25) is 4.79 Å². The number of nitrogens with zero attached hydrogens (tertiary/aromatic N) is 1. The molecule has 12 nitrogen and oxygen atoms in total. The third-order valence-electron chi connectivity index (χ3n) is 7.26. The van der Waals surface area contributed by atoms with E-state index in [1.807, 2.05) is 0 Å². The Bertz CT molecular complexity index is 1040. The van der Waals surface area contributed by atoms with Crippen LogP contribution in [-0.2, 0) is 16.0 Å². The number of nitrogens with one attached hydrogen (secondary N) is 1. The summed E-state index contributed by atoms with van der Waals surface area (Å²) in [6.07, 6.45) is -2.86. The van der Waals surface area contributed by atoms with E-state index in [0.29, 0.717) is 52.9 Å². The number of carboxylic acid groups (broad SMARTS) is 2. The van der Waals surface area contributed by atoms with Crippen molar-refractivity contribution < 1.29 is 44.7 Å². The first-order valence-electron chi connectivity index (χ1n) is 12.4. The van der Waals surface area contributed by atoms with Gasteiger partial charge in [-0.25, -0.2) is 9.59 Å². The lowest BCUT2D eigenvalue weighted by atomic mass is 9.94. The number of benzene rings is 1. The average molecular weight is 558 g/mol. The molecule has 1 saturated heterocycles. The lowest BCUT2D eigenvalue weighted by Gasteiger charge is -2.29. The van der Waals surface area contributed by atoms with Crippen LogP contribution in [0, 0.1) is 23.2 Å². The zero-order valence-corrected chi connectivity index (χ0v) is 22.1. The van der Waals surface area contributed by atoms with Gasteiger partial charge >= 0.3 is 11.9 Å². The molecule has 0 spiro atoms. The molecule has 38 heavy (non-hydrogen) atoms. The SMILES string of the molecule is CC(C)(CO)CN1CC2C(CNC(=O)c3cc(Cl)c(N)c4c3OCCC4)C2C1.O=C(O)[C@H](O)[C@@H](O)C(=O)O. The molecule has 13 heteroatoms. The van der Waals surface area contributed by atoms with E-state index in [4.69, 9.17) is 42.5 Å². The number of hydrogen-bond acceptors (Lipinski definition) is 9. The van der Waals surface area contributed by atoms with E-state index in [1.165, 1.54) is 0 Å². The second kappa shape index (κ2) is 12.0. The van der Waals surface area contributed by atoms with Crippen LogP contribution in [0.2, 0.25) is 5.02 Å². The number of carboxylic acids is 2. The zero-order chi connectivity index (χ0) is 28.4. The number of aliphatic hydroxyl groups excluding tert-OH is 3. The maximum atomic E-state index is 12.8. The Kier molecular flexibility index (Phi) is 9.48. The van der Waals surface area contributed by atoms with Gasteiger partial charge in [0.05, 0.1) is 22.9 Å². The van der Waals surface area contributed by atoms with Crippen LogP contribution in [0.15, 0.2) is 6.07 Å². The number of nitrogens with two attached hydrogens (primary N) is 1. The molecule has 3 aliphatic rings. The fraction of sp³-hybridized carbons (Fsp3) is 0.640. The van der Waals surface area contributed by atoms with Crippen molar-refractivity contribution >= 4 is 35.1 Å². The standard InChI is InChI=1S/C21H30ClN3O3.C4H6O6/c1-21(2,11-26)10-25-8-15-14(16(15)9-25)7-24-20(27)13-6-17(22)18(23)12-4-3-5-28-19(12)13;5-1(3(7)8)2(6)4(9)10/h6,14-16,26H,3-5,7-11,23H2,1-2H3,(H,24,27);1-2,5-6H,(H,7,8)(H,9,10)/t;1-,2-/m.1/s1. The molecule has 2 aliphatic heterocycles. The van der Waals surface area contributed by atoms with Crippen molar-refractivity contribution in [2.24, 2.45) is 23.2 Å². The van der Waals surface area contributed by atoms with Crippen LogP contribution in [0.3, 0.4) is 0 Å². The molecule has 0 radical (unpaired) electrons. The molecule has 1 aliphatic carbocycles. The molecule has 1 amide bonds. The smallest absolute Gasteiger partial charge is 0.335 e. The third-order valence-corrected chi connectivity index (χ3v) is 7.58. The predicted octanol–water partition coefficient (Wildman–Crippen LogP) is 0.0507. The molecule has 4 atom stereocenters. The molecule has 2 heterocycles. The Labute approximate surface area is 225 Å². The molecule has 2 unspecified atom stereocenters. The number of halogens is 1. The summed E-state index contributed by atoms with van der Waals surface area (Å²) < 4.78 is 5.75. The van der Waals surface area contributed by atoms with Crippen LogP contribution in [0.4, 0.5) is 5.69 Å². The van der Waals surface area contributed by atoms with Gasteiger partial charge in [0.2, 0.25) is 0 Å². The Morgan fingerprint density at radius 3 is 2.29 bits per heavy atom. The Hall–Kier alpha value is -2.64. The highest BCUT2D eigenvalue weighted by Crippen LogP contribution is 2.51. The first-order chi connectivity index (χ1) is 17.8. The van der Waals surface area contributed by atoms with Crippen LogP contribution < -0.4 is 15.8 Å². The number of carbonyl (C=O) groups is 3. The van der Waals surface area contributed by atoms with E-state index < -0.39 is 24.1 Å². The highest BCUT2D eigenvalue weighted by Gasteiger charge is 2.55. The van der Waals surface area contributed by atoms with Gasteiger partial charge in [-0.05, 0) is 36.7 Å². The summed E-state index contributed by atoms with van der Waals surface area (Å²) in [5.74, 6) is -1.24. The first-order valence-corrected chi connectivity index (χ1v) is 12.8. The molecule has 212 valence electrons. The average Bonchev–Trinajstić information content (AvgIpc) is 3.34. The van der Waals surface area contributed by atoms with Crippen molar-refractivity contribution in [3.8, 4) is 5.75 Å². The molecule has 1 saturated carbocycles. The number of aliphatic carboxylic acids is 2. The first kappa shape index (κ1) is 29.9. The van der Waals surface area contributed by atoms with E-state index in [1.54, 1.807) is 6.07 Å². The zero-order valence-electron chi connectivity index (χ0n) is 21.4. The van der Waals surface area contributed by atoms with Gasteiger partial charge in [0.15, 0.2) is 12.2 Å². The second-order valence-corrected chi connectivity index (χ2v) is 11.3. The molecule has 0 aromatic heterocycles. The molecule has 1 aromatic carbocycles. The maximum Gasteiger partial charge on any atom is 0.335 e. The Morgan fingerprint density at radius 2 is 1.76 bits per heavy atom. The largest absolute Gasteiger partial charge is 0.492 e. The van der Waals surface area contributed by atoms with Crippen LogP contribution in [0.1, 0.15) is 36.2 Å².